The maximum absolute atomic E-state index is 3.55. The van der Waals surface area contributed by atoms with E-state index in [1.807, 2.05) is 0 Å². The fourth-order valence-electron chi connectivity index (χ4n) is 2.79. The molecule has 0 aliphatic carbocycles. The van der Waals surface area contributed by atoms with Crippen molar-refractivity contribution in [3.63, 3.8) is 0 Å². The summed E-state index contributed by atoms with van der Waals surface area (Å²) in [4.78, 5) is 0. The molecular formula is C20H35N. The Morgan fingerprint density at radius 1 is 0.810 bits per heavy atom. The number of benzene rings is 1. The minimum atomic E-state index is 1.01. The van der Waals surface area contributed by atoms with Crippen LogP contribution in [0, 0.1) is 6.92 Å². The Kier molecular flexibility index (Phi) is 11.2. The zero-order valence-corrected chi connectivity index (χ0v) is 14.3. The lowest BCUT2D eigenvalue weighted by Gasteiger charge is -2.06. The van der Waals surface area contributed by atoms with Crippen LogP contribution in [-0.2, 0) is 6.54 Å². The predicted octanol–water partition coefficient (Wildman–Crippen LogP) is 6.01. The Morgan fingerprint density at radius 3 is 2.05 bits per heavy atom. The first-order valence-electron chi connectivity index (χ1n) is 9.09. The zero-order chi connectivity index (χ0) is 15.2. The van der Waals surface area contributed by atoms with Crippen LogP contribution in [0.3, 0.4) is 0 Å². The Morgan fingerprint density at radius 2 is 1.43 bits per heavy atom. The second kappa shape index (κ2) is 12.9. The van der Waals surface area contributed by atoms with E-state index in [-0.39, 0.29) is 0 Å². The fourth-order valence-corrected chi connectivity index (χ4v) is 2.79. The molecule has 0 radical (unpaired) electrons. The van der Waals surface area contributed by atoms with E-state index < -0.39 is 0 Å². The van der Waals surface area contributed by atoms with Gasteiger partial charge in [0, 0.05) is 6.54 Å². The summed E-state index contributed by atoms with van der Waals surface area (Å²) in [6.45, 7) is 6.61. The van der Waals surface area contributed by atoms with Crippen molar-refractivity contribution in [1.29, 1.82) is 0 Å². The first-order chi connectivity index (χ1) is 10.3. The summed E-state index contributed by atoms with van der Waals surface area (Å²) in [5.74, 6) is 0. The second-order valence-corrected chi connectivity index (χ2v) is 6.35. The monoisotopic (exact) mass is 289 g/mol. The average Bonchev–Trinajstić information content (AvgIpc) is 2.48. The van der Waals surface area contributed by atoms with Crippen molar-refractivity contribution in [3.05, 3.63) is 35.4 Å². The van der Waals surface area contributed by atoms with Crippen LogP contribution >= 0.6 is 0 Å². The molecule has 1 N–H and O–H groups in total. The van der Waals surface area contributed by atoms with Crippen LogP contribution in [0.5, 0.6) is 0 Å². The number of hydrogen-bond acceptors (Lipinski definition) is 1. The molecule has 1 aromatic rings. The van der Waals surface area contributed by atoms with E-state index in [0.717, 1.165) is 13.1 Å². The summed E-state index contributed by atoms with van der Waals surface area (Å²) < 4.78 is 0. The summed E-state index contributed by atoms with van der Waals surface area (Å²) in [7, 11) is 0. The third kappa shape index (κ3) is 10.5. The van der Waals surface area contributed by atoms with Gasteiger partial charge in [0.25, 0.3) is 0 Å². The summed E-state index contributed by atoms with van der Waals surface area (Å²) in [6.07, 6.45) is 14.1. The van der Waals surface area contributed by atoms with Crippen LogP contribution in [-0.4, -0.2) is 6.54 Å². The summed E-state index contributed by atoms with van der Waals surface area (Å²) >= 11 is 0. The zero-order valence-electron chi connectivity index (χ0n) is 14.3. The molecule has 1 heteroatoms. The molecule has 0 spiro atoms. The van der Waals surface area contributed by atoms with E-state index in [0.29, 0.717) is 0 Å². The third-order valence-electron chi connectivity index (χ3n) is 4.12. The normalized spacial score (nSPS) is 11.0. The highest BCUT2D eigenvalue weighted by Crippen LogP contribution is 2.10. The number of aryl methyl sites for hydroxylation is 1. The number of nitrogens with one attached hydrogen (secondary N) is 1. The van der Waals surface area contributed by atoms with Crippen LogP contribution in [0.25, 0.3) is 0 Å². The molecule has 0 saturated heterocycles. The van der Waals surface area contributed by atoms with Gasteiger partial charge in [0.15, 0.2) is 0 Å². The van der Waals surface area contributed by atoms with Crippen molar-refractivity contribution in [1.82, 2.24) is 5.32 Å². The maximum Gasteiger partial charge on any atom is 0.0205 e. The van der Waals surface area contributed by atoms with Gasteiger partial charge in [-0.05, 0) is 25.5 Å². The molecule has 1 rings (SSSR count). The Balaban J connectivity index is 1.82. The largest absolute Gasteiger partial charge is 0.313 e. The van der Waals surface area contributed by atoms with Gasteiger partial charge in [0.2, 0.25) is 0 Å². The summed E-state index contributed by atoms with van der Waals surface area (Å²) in [6, 6.07) is 8.78. The molecular weight excluding hydrogens is 254 g/mol. The second-order valence-electron chi connectivity index (χ2n) is 6.35. The van der Waals surface area contributed by atoms with Crippen molar-refractivity contribution < 1.29 is 0 Å². The quantitative estimate of drug-likeness (QED) is 0.439. The molecule has 0 saturated carbocycles. The Bertz CT molecular complexity index is 345. The lowest BCUT2D eigenvalue weighted by molar-refractivity contribution is 0.543. The molecule has 0 aliphatic rings. The van der Waals surface area contributed by atoms with E-state index in [4.69, 9.17) is 0 Å². The first-order valence-corrected chi connectivity index (χ1v) is 9.09. The third-order valence-corrected chi connectivity index (χ3v) is 4.12. The van der Waals surface area contributed by atoms with Crippen LogP contribution in [0.15, 0.2) is 24.3 Å². The molecule has 0 aromatic heterocycles. The molecule has 0 fully saturated rings. The molecule has 120 valence electrons. The molecule has 0 unspecified atom stereocenters. The number of rotatable bonds is 13. The van der Waals surface area contributed by atoms with Crippen LogP contribution in [0.2, 0.25) is 0 Å². The van der Waals surface area contributed by atoms with Crippen molar-refractivity contribution >= 4 is 0 Å². The highest BCUT2D eigenvalue weighted by atomic mass is 14.8. The van der Waals surface area contributed by atoms with Gasteiger partial charge in [-0.2, -0.15) is 0 Å². The van der Waals surface area contributed by atoms with E-state index in [1.165, 1.54) is 75.3 Å². The maximum atomic E-state index is 3.55. The highest BCUT2D eigenvalue weighted by Gasteiger charge is 1.94. The Hall–Kier alpha value is -0.820. The van der Waals surface area contributed by atoms with E-state index in [9.17, 15) is 0 Å². The van der Waals surface area contributed by atoms with Gasteiger partial charge in [0.05, 0.1) is 0 Å². The first kappa shape index (κ1) is 18.2. The standard InChI is InChI=1S/C20H35N/c1-3-4-5-6-7-8-9-10-11-12-16-21-18-20-15-13-14-19(2)17-20/h13-15,17,21H,3-12,16,18H2,1-2H3. The number of hydrogen-bond donors (Lipinski definition) is 1. The predicted molar refractivity (Wildman–Crippen MR) is 94.7 cm³/mol. The van der Waals surface area contributed by atoms with Gasteiger partial charge in [-0.3, -0.25) is 0 Å². The van der Waals surface area contributed by atoms with Gasteiger partial charge in [-0.1, -0.05) is 94.5 Å². The molecule has 21 heavy (non-hydrogen) atoms. The van der Waals surface area contributed by atoms with E-state index in [2.05, 4.69) is 43.4 Å². The van der Waals surface area contributed by atoms with Crippen molar-refractivity contribution in [2.75, 3.05) is 6.54 Å². The van der Waals surface area contributed by atoms with Gasteiger partial charge >= 0.3 is 0 Å². The SMILES string of the molecule is CCCCCCCCCCCCNCc1cccc(C)c1. The van der Waals surface area contributed by atoms with Gasteiger partial charge < -0.3 is 5.32 Å². The van der Waals surface area contributed by atoms with Crippen LogP contribution in [0.4, 0.5) is 0 Å². The minimum absolute atomic E-state index is 1.01. The highest BCUT2D eigenvalue weighted by molar-refractivity contribution is 5.21. The molecule has 1 aromatic carbocycles. The van der Waals surface area contributed by atoms with E-state index in [1.54, 1.807) is 0 Å². The molecule has 0 amide bonds. The molecule has 0 heterocycles. The smallest absolute Gasteiger partial charge is 0.0205 e. The molecule has 1 nitrogen and oxygen atoms in total. The average molecular weight is 290 g/mol. The molecule has 0 atom stereocenters. The molecule has 0 bridgehead atoms. The van der Waals surface area contributed by atoms with Crippen molar-refractivity contribution in [3.8, 4) is 0 Å². The number of unbranched alkanes of at least 4 members (excludes halogenated alkanes) is 9. The minimum Gasteiger partial charge on any atom is -0.313 e. The van der Waals surface area contributed by atoms with Crippen LogP contribution in [0.1, 0.15) is 82.3 Å². The topological polar surface area (TPSA) is 12.0 Å². The van der Waals surface area contributed by atoms with Crippen molar-refractivity contribution in [2.24, 2.45) is 0 Å². The Labute approximate surface area is 132 Å². The fraction of sp³-hybridized carbons (Fsp3) is 0.700. The van der Waals surface area contributed by atoms with Crippen LogP contribution < -0.4 is 5.32 Å². The summed E-state index contributed by atoms with van der Waals surface area (Å²) in [5, 5.41) is 3.55. The van der Waals surface area contributed by atoms with Gasteiger partial charge in [-0.25, -0.2) is 0 Å². The van der Waals surface area contributed by atoms with Crippen molar-refractivity contribution in [2.45, 2.75) is 84.6 Å². The lowest BCUT2D eigenvalue weighted by Crippen LogP contribution is -2.14. The van der Waals surface area contributed by atoms with Gasteiger partial charge in [0.1, 0.15) is 0 Å². The summed E-state index contributed by atoms with van der Waals surface area (Å²) in [5.41, 5.74) is 2.76. The molecule has 0 aliphatic heterocycles. The van der Waals surface area contributed by atoms with Gasteiger partial charge in [-0.15, -0.1) is 0 Å². The lowest BCUT2D eigenvalue weighted by atomic mass is 10.1. The van der Waals surface area contributed by atoms with E-state index >= 15 is 0 Å².